The van der Waals surface area contributed by atoms with Crippen LogP contribution in [0.25, 0.3) is 0 Å². The van der Waals surface area contributed by atoms with Crippen molar-refractivity contribution in [1.29, 1.82) is 0 Å². The number of nitrogens with zero attached hydrogens (tertiary/aromatic N) is 1. The van der Waals surface area contributed by atoms with E-state index in [4.69, 9.17) is 55.9 Å². The van der Waals surface area contributed by atoms with Crippen molar-refractivity contribution in [1.82, 2.24) is 4.90 Å². The lowest BCUT2D eigenvalue weighted by molar-refractivity contribution is -0.117. The highest BCUT2D eigenvalue weighted by Gasteiger charge is 2.18. The average Bonchev–Trinajstić information content (AvgIpc) is 2.52. The largest absolute Gasteiger partial charge is 0.383 e. The minimum Gasteiger partial charge on any atom is -0.383 e. The molecule has 0 fully saturated rings. The first-order valence-corrected chi connectivity index (χ1v) is 8.25. The van der Waals surface area contributed by atoms with Crippen LogP contribution < -0.4 is 5.32 Å². The van der Waals surface area contributed by atoms with Crippen LogP contribution in [0, 0.1) is 0 Å². The molecule has 130 valence electrons. The monoisotopic (exact) mass is 402 g/mol. The average molecular weight is 404 g/mol. The van der Waals surface area contributed by atoms with Gasteiger partial charge in [0.15, 0.2) is 0 Å². The molecule has 1 rings (SSSR count). The Bertz CT molecular complexity index is 509. The van der Waals surface area contributed by atoms with E-state index < -0.39 is 0 Å². The number of carbonyl (C=O) groups is 1. The molecule has 1 aromatic carbocycles. The summed E-state index contributed by atoms with van der Waals surface area (Å²) in [5.41, 5.74) is 0.203. The fourth-order valence-electron chi connectivity index (χ4n) is 1.78. The van der Waals surface area contributed by atoms with Gasteiger partial charge in [0.1, 0.15) is 0 Å². The molecule has 9 heteroatoms. The summed E-state index contributed by atoms with van der Waals surface area (Å²) < 4.78 is 10.1. The first-order chi connectivity index (χ1) is 10.9. The van der Waals surface area contributed by atoms with E-state index in [9.17, 15) is 4.79 Å². The van der Waals surface area contributed by atoms with Gasteiger partial charge in [0.2, 0.25) is 5.91 Å². The summed E-state index contributed by atoms with van der Waals surface area (Å²) in [6.45, 7) is 2.31. The Morgan fingerprint density at radius 3 is 1.96 bits per heavy atom. The quantitative estimate of drug-likeness (QED) is 0.636. The standard InChI is InChI=1S/C14H18Cl4N2O3/c1-22-5-3-20(4-6-23-2)8-11(21)19-14-12(17)9(15)7-10(16)13(14)18/h7H,3-6,8H2,1-2H3,(H,19,21). The van der Waals surface area contributed by atoms with Crippen LogP contribution in [0.3, 0.4) is 0 Å². The maximum absolute atomic E-state index is 12.2. The maximum atomic E-state index is 12.2. The number of methoxy groups -OCH3 is 2. The van der Waals surface area contributed by atoms with Gasteiger partial charge in [-0.15, -0.1) is 0 Å². The number of anilines is 1. The number of benzene rings is 1. The van der Waals surface area contributed by atoms with Crippen LogP contribution in [0.5, 0.6) is 0 Å². The van der Waals surface area contributed by atoms with Crippen molar-refractivity contribution in [3.8, 4) is 0 Å². The third kappa shape index (κ3) is 6.63. The Balaban J connectivity index is 2.78. The number of amides is 1. The molecule has 0 atom stereocenters. The van der Waals surface area contributed by atoms with Gasteiger partial charge in [0.25, 0.3) is 0 Å². The third-order valence-electron chi connectivity index (χ3n) is 2.97. The number of hydrogen-bond donors (Lipinski definition) is 1. The lowest BCUT2D eigenvalue weighted by atomic mass is 10.3. The summed E-state index contributed by atoms with van der Waals surface area (Å²) >= 11 is 24.0. The smallest absolute Gasteiger partial charge is 0.238 e. The van der Waals surface area contributed by atoms with E-state index >= 15 is 0 Å². The van der Waals surface area contributed by atoms with Crippen molar-refractivity contribution in [3.05, 3.63) is 26.2 Å². The van der Waals surface area contributed by atoms with Gasteiger partial charge >= 0.3 is 0 Å². The van der Waals surface area contributed by atoms with Crippen molar-refractivity contribution in [2.75, 3.05) is 52.4 Å². The highest BCUT2D eigenvalue weighted by atomic mass is 35.5. The van der Waals surface area contributed by atoms with E-state index in [1.54, 1.807) is 14.2 Å². The second-order valence-corrected chi connectivity index (χ2v) is 6.22. The molecular weight excluding hydrogens is 386 g/mol. The minimum atomic E-state index is -0.292. The molecule has 0 unspecified atom stereocenters. The topological polar surface area (TPSA) is 50.8 Å². The predicted molar refractivity (Wildman–Crippen MR) is 95.3 cm³/mol. The van der Waals surface area contributed by atoms with Crippen LogP contribution in [-0.2, 0) is 14.3 Å². The van der Waals surface area contributed by atoms with Crippen molar-refractivity contribution < 1.29 is 14.3 Å². The highest BCUT2D eigenvalue weighted by molar-refractivity contribution is 6.50. The molecule has 0 saturated carbocycles. The molecule has 0 bridgehead atoms. The molecule has 0 aliphatic rings. The lowest BCUT2D eigenvalue weighted by Gasteiger charge is -2.21. The minimum absolute atomic E-state index is 0.128. The number of hydrogen-bond acceptors (Lipinski definition) is 4. The Morgan fingerprint density at radius 2 is 1.52 bits per heavy atom. The lowest BCUT2D eigenvalue weighted by Crippen LogP contribution is -2.37. The second kappa shape index (κ2) is 10.6. The zero-order valence-corrected chi connectivity index (χ0v) is 15.8. The normalized spacial score (nSPS) is 11.1. The van der Waals surface area contributed by atoms with Crippen LogP contribution in [0.2, 0.25) is 20.1 Å². The van der Waals surface area contributed by atoms with Gasteiger partial charge in [-0.25, -0.2) is 0 Å². The molecule has 0 heterocycles. The maximum Gasteiger partial charge on any atom is 0.238 e. The van der Waals surface area contributed by atoms with Crippen LogP contribution in [-0.4, -0.2) is 57.9 Å². The van der Waals surface area contributed by atoms with E-state index in [1.807, 2.05) is 4.90 Å². The Labute approximate surface area is 155 Å². The first kappa shape index (κ1) is 20.8. The third-order valence-corrected chi connectivity index (χ3v) is 4.54. The molecule has 0 aromatic heterocycles. The summed E-state index contributed by atoms with van der Waals surface area (Å²) in [7, 11) is 3.20. The van der Waals surface area contributed by atoms with E-state index in [1.165, 1.54) is 6.07 Å². The predicted octanol–water partition coefficient (Wildman–Crippen LogP) is 3.83. The summed E-state index contributed by atoms with van der Waals surface area (Å²) in [4.78, 5) is 14.1. The Kier molecular flexibility index (Phi) is 9.54. The molecule has 0 aliphatic carbocycles. The van der Waals surface area contributed by atoms with Gasteiger partial charge in [0.05, 0.1) is 45.5 Å². The van der Waals surface area contributed by atoms with Crippen LogP contribution >= 0.6 is 46.4 Å². The van der Waals surface area contributed by atoms with Crippen LogP contribution in [0.1, 0.15) is 0 Å². The van der Waals surface area contributed by atoms with Crippen LogP contribution in [0.15, 0.2) is 6.07 Å². The van der Waals surface area contributed by atoms with Gasteiger partial charge in [-0.1, -0.05) is 46.4 Å². The number of carbonyl (C=O) groups excluding carboxylic acids is 1. The fraction of sp³-hybridized carbons (Fsp3) is 0.500. The Hall–Kier alpha value is -0.270. The molecule has 1 amide bonds. The summed E-state index contributed by atoms with van der Waals surface area (Å²) in [6, 6.07) is 1.42. The zero-order chi connectivity index (χ0) is 17.4. The van der Waals surface area contributed by atoms with Crippen molar-refractivity contribution in [3.63, 3.8) is 0 Å². The summed E-state index contributed by atoms with van der Waals surface area (Å²) in [6.07, 6.45) is 0. The second-order valence-electron chi connectivity index (χ2n) is 4.65. The highest BCUT2D eigenvalue weighted by Crippen LogP contribution is 2.40. The molecule has 0 spiro atoms. The van der Waals surface area contributed by atoms with Gasteiger partial charge in [0, 0.05) is 27.3 Å². The van der Waals surface area contributed by atoms with Gasteiger partial charge < -0.3 is 14.8 Å². The fourth-order valence-corrected chi connectivity index (χ4v) is 2.68. The number of rotatable bonds is 9. The SMILES string of the molecule is COCCN(CCOC)CC(=O)Nc1c(Cl)c(Cl)cc(Cl)c1Cl. The Morgan fingerprint density at radius 1 is 1.04 bits per heavy atom. The van der Waals surface area contributed by atoms with Gasteiger partial charge in [-0.2, -0.15) is 0 Å². The summed E-state index contributed by atoms with van der Waals surface area (Å²) in [5.74, 6) is -0.292. The van der Waals surface area contributed by atoms with Gasteiger partial charge in [-0.05, 0) is 6.07 Å². The van der Waals surface area contributed by atoms with Crippen molar-refractivity contribution in [2.24, 2.45) is 0 Å². The number of nitrogens with one attached hydrogen (secondary N) is 1. The molecule has 1 aromatic rings. The molecule has 5 nitrogen and oxygen atoms in total. The van der Waals surface area contributed by atoms with Crippen molar-refractivity contribution >= 4 is 58.0 Å². The first-order valence-electron chi connectivity index (χ1n) is 6.73. The molecule has 0 aliphatic heterocycles. The molecule has 1 N–H and O–H groups in total. The number of ether oxygens (including phenoxy) is 2. The molecule has 0 saturated heterocycles. The van der Waals surface area contributed by atoms with E-state index in [0.29, 0.717) is 26.3 Å². The van der Waals surface area contributed by atoms with Crippen molar-refractivity contribution in [2.45, 2.75) is 0 Å². The van der Waals surface area contributed by atoms with E-state index in [0.717, 1.165) is 0 Å². The number of halogens is 4. The van der Waals surface area contributed by atoms with E-state index in [-0.39, 0.29) is 38.2 Å². The molecular formula is C14H18Cl4N2O3. The van der Waals surface area contributed by atoms with Crippen LogP contribution in [0.4, 0.5) is 5.69 Å². The molecule has 23 heavy (non-hydrogen) atoms. The molecule has 0 radical (unpaired) electrons. The summed E-state index contributed by atoms with van der Waals surface area (Å²) in [5, 5.41) is 3.37. The zero-order valence-electron chi connectivity index (χ0n) is 12.8. The van der Waals surface area contributed by atoms with E-state index in [2.05, 4.69) is 5.32 Å². The van der Waals surface area contributed by atoms with Gasteiger partial charge in [-0.3, -0.25) is 9.69 Å².